The van der Waals surface area contributed by atoms with Gasteiger partial charge in [-0.15, -0.1) is 0 Å². The number of aryl methyl sites for hydroxylation is 2. The highest BCUT2D eigenvalue weighted by molar-refractivity contribution is 6.05. The van der Waals surface area contributed by atoms with Crippen LogP contribution in [-0.4, -0.2) is 16.2 Å². The van der Waals surface area contributed by atoms with Crippen LogP contribution in [-0.2, 0) is 0 Å². The molecule has 0 unspecified atom stereocenters. The molecule has 3 N–H and O–H groups in total. The van der Waals surface area contributed by atoms with Crippen molar-refractivity contribution >= 4 is 17.4 Å². The van der Waals surface area contributed by atoms with E-state index < -0.39 is 5.91 Å². The van der Waals surface area contributed by atoms with Crippen LogP contribution in [0.1, 0.15) is 21.6 Å². The number of nitrogens with zero attached hydrogens (tertiary/aromatic N) is 2. The summed E-state index contributed by atoms with van der Waals surface area (Å²) < 4.78 is 4.37. The maximum absolute atomic E-state index is 11.8. The number of aromatic nitrogens is 2. The van der Waals surface area contributed by atoms with E-state index in [2.05, 4.69) is 20.3 Å². The molecule has 1 aromatic carbocycles. The van der Waals surface area contributed by atoms with Crippen molar-refractivity contribution in [3.63, 3.8) is 0 Å². The summed E-state index contributed by atoms with van der Waals surface area (Å²) in [5.74, 6) is -0.458. The van der Waals surface area contributed by atoms with Gasteiger partial charge in [-0.25, -0.2) is 4.63 Å². The van der Waals surface area contributed by atoms with Gasteiger partial charge in [-0.1, -0.05) is 6.07 Å². The summed E-state index contributed by atoms with van der Waals surface area (Å²) in [5.41, 5.74) is 8.23. The third kappa shape index (κ3) is 2.41. The Kier molecular flexibility index (Phi) is 2.78. The van der Waals surface area contributed by atoms with Gasteiger partial charge in [-0.2, -0.15) is 0 Å². The summed E-state index contributed by atoms with van der Waals surface area (Å²) in [7, 11) is 0. The summed E-state index contributed by atoms with van der Waals surface area (Å²) >= 11 is 0. The molecule has 0 fully saturated rings. The molecular weight excluding hydrogens is 220 g/mol. The molecule has 2 aromatic rings. The van der Waals surface area contributed by atoms with E-state index in [1.54, 1.807) is 0 Å². The Bertz CT molecular complexity index is 542. The molecule has 88 valence electrons. The maximum atomic E-state index is 11.8. The predicted octanol–water partition coefficient (Wildman–Crippen LogP) is 1.52. The minimum atomic E-state index is -0.436. The first-order valence-electron chi connectivity index (χ1n) is 5.04. The smallest absolute Gasteiger partial charge is 0.281 e. The summed E-state index contributed by atoms with van der Waals surface area (Å²) in [5, 5.41) is 9.46. The molecule has 0 aliphatic rings. The predicted molar refractivity (Wildman–Crippen MR) is 62.6 cm³/mol. The minimum Gasteiger partial charge on any atom is -0.379 e. The second-order valence-corrected chi connectivity index (χ2v) is 3.83. The monoisotopic (exact) mass is 232 g/mol. The molecule has 1 amide bonds. The van der Waals surface area contributed by atoms with Gasteiger partial charge in [0.1, 0.15) is 0 Å². The number of hydrogen-bond acceptors (Lipinski definition) is 5. The van der Waals surface area contributed by atoms with Crippen LogP contribution < -0.4 is 11.1 Å². The van der Waals surface area contributed by atoms with Crippen LogP contribution in [0.2, 0.25) is 0 Å². The lowest BCUT2D eigenvalue weighted by Gasteiger charge is -2.05. The van der Waals surface area contributed by atoms with Gasteiger partial charge in [0.2, 0.25) is 11.5 Å². The zero-order chi connectivity index (χ0) is 12.4. The fourth-order valence-electron chi connectivity index (χ4n) is 1.59. The van der Waals surface area contributed by atoms with Crippen molar-refractivity contribution in [2.45, 2.75) is 13.8 Å². The highest BCUT2D eigenvalue weighted by Gasteiger charge is 2.15. The molecule has 0 spiro atoms. The van der Waals surface area contributed by atoms with Crippen molar-refractivity contribution in [2.24, 2.45) is 0 Å². The van der Waals surface area contributed by atoms with Gasteiger partial charge in [0, 0.05) is 5.69 Å². The van der Waals surface area contributed by atoms with Crippen molar-refractivity contribution in [1.29, 1.82) is 0 Å². The van der Waals surface area contributed by atoms with Gasteiger partial charge in [-0.3, -0.25) is 4.79 Å². The highest BCUT2D eigenvalue weighted by atomic mass is 16.6. The number of carbonyl (C=O) groups excluding carboxylic acids is 1. The Balaban J connectivity index is 2.21. The molecule has 0 bridgehead atoms. The molecule has 2 rings (SSSR count). The molecule has 1 aromatic heterocycles. The quantitative estimate of drug-likeness (QED) is 0.818. The third-order valence-electron chi connectivity index (χ3n) is 2.21. The van der Waals surface area contributed by atoms with E-state index in [4.69, 9.17) is 5.73 Å². The second kappa shape index (κ2) is 4.25. The van der Waals surface area contributed by atoms with Crippen LogP contribution in [0.25, 0.3) is 0 Å². The molecular formula is C11H12N4O2. The number of nitrogens with two attached hydrogens (primary N) is 1. The van der Waals surface area contributed by atoms with E-state index in [0.717, 1.165) is 11.1 Å². The topological polar surface area (TPSA) is 94.0 Å². The first kappa shape index (κ1) is 11.1. The molecule has 0 aliphatic heterocycles. The normalized spacial score (nSPS) is 10.2. The average molecular weight is 232 g/mol. The number of nitrogen functional groups attached to an aromatic ring is 1. The molecule has 1 heterocycles. The largest absolute Gasteiger partial charge is 0.379 e. The Morgan fingerprint density at radius 1 is 1.24 bits per heavy atom. The van der Waals surface area contributed by atoms with Crippen LogP contribution >= 0.6 is 0 Å². The summed E-state index contributed by atoms with van der Waals surface area (Å²) in [6, 6.07) is 5.73. The van der Waals surface area contributed by atoms with Crippen LogP contribution in [0.3, 0.4) is 0 Å². The van der Waals surface area contributed by atoms with Gasteiger partial charge in [0.15, 0.2) is 0 Å². The van der Waals surface area contributed by atoms with E-state index in [-0.39, 0.29) is 11.5 Å². The molecule has 0 saturated carbocycles. The zero-order valence-corrected chi connectivity index (χ0v) is 9.52. The van der Waals surface area contributed by atoms with Crippen molar-refractivity contribution in [3.8, 4) is 0 Å². The number of hydrogen-bond donors (Lipinski definition) is 2. The Morgan fingerprint density at radius 3 is 2.41 bits per heavy atom. The molecule has 0 saturated heterocycles. The van der Waals surface area contributed by atoms with Crippen molar-refractivity contribution in [2.75, 3.05) is 11.1 Å². The number of benzene rings is 1. The molecule has 17 heavy (non-hydrogen) atoms. The molecule has 6 heteroatoms. The summed E-state index contributed by atoms with van der Waals surface area (Å²) in [6.45, 7) is 3.91. The second-order valence-electron chi connectivity index (χ2n) is 3.83. The fourth-order valence-corrected chi connectivity index (χ4v) is 1.59. The number of carbonyl (C=O) groups is 1. The van der Waals surface area contributed by atoms with Gasteiger partial charge in [-0.05, 0) is 47.4 Å². The zero-order valence-electron chi connectivity index (χ0n) is 9.52. The van der Waals surface area contributed by atoms with Crippen molar-refractivity contribution in [1.82, 2.24) is 10.3 Å². The van der Waals surface area contributed by atoms with Crippen molar-refractivity contribution in [3.05, 3.63) is 35.0 Å². The van der Waals surface area contributed by atoms with E-state index in [0.29, 0.717) is 5.69 Å². The lowest BCUT2D eigenvalue weighted by Crippen LogP contribution is -2.14. The number of amides is 1. The van der Waals surface area contributed by atoms with Gasteiger partial charge < -0.3 is 11.1 Å². The van der Waals surface area contributed by atoms with Gasteiger partial charge in [0.05, 0.1) is 0 Å². The first-order valence-corrected chi connectivity index (χ1v) is 5.04. The molecule has 6 nitrogen and oxygen atoms in total. The van der Waals surface area contributed by atoms with Crippen molar-refractivity contribution < 1.29 is 9.42 Å². The lowest BCUT2D eigenvalue weighted by molar-refractivity contribution is 0.101. The van der Waals surface area contributed by atoms with Gasteiger partial charge >= 0.3 is 0 Å². The molecule has 0 aliphatic carbocycles. The van der Waals surface area contributed by atoms with Crippen LogP contribution in [0, 0.1) is 13.8 Å². The SMILES string of the molecule is Cc1cc(C)cc(NC(=O)c2nonc2N)c1. The van der Waals surface area contributed by atoms with Crippen LogP contribution in [0.15, 0.2) is 22.8 Å². The van der Waals surface area contributed by atoms with Crippen LogP contribution in [0.5, 0.6) is 0 Å². The number of nitrogens with one attached hydrogen (secondary N) is 1. The summed E-state index contributed by atoms with van der Waals surface area (Å²) in [6.07, 6.45) is 0. The molecule has 0 radical (unpaired) electrons. The summed E-state index contributed by atoms with van der Waals surface area (Å²) in [4.78, 5) is 11.8. The lowest BCUT2D eigenvalue weighted by atomic mass is 10.1. The maximum Gasteiger partial charge on any atom is 0.281 e. The number of anilines is 2. The Morgan fingerprint density at radius 2 is 1.88 bits per heavy atom. The van der Waals surface area contributed by atoms with E-state index in [1.165, 1.54) is 0 Å². The average Bonchev–Trinajstić information content (AvgIpc) is 2.62. The van der Waals surface area contributed by atoms with Gasteiger partial charge in [0.25, 0.3) is 5.91 Å². The van der Waals surface area contributed by atoms with E-state index in [1.807, 2.05) is 32.0 Å². The Labute approximate surface area is 97.8 Å². The first-order chi connectivity index (χ1) is 8.06. The third-order valence-corrected chi connectivity index (χ3v) is 2.21. The molecule has 0 atom stereocenters. The fraction of sp³-hybridized carbons (Fsp3) is 0.182. The van der Waals surface area contributed by atoms with Crippen LogP contribution in [0.4, 0.5) is 11.5 Å². The van der Waals surface area contributed by atoms with E-state index >= 15 is 0 Å². The van der Waals surface area contributed by atoms with E-state index in [9.17, 15) is 4.79 Å². The highest BCUT2D eigenvalue weighted by Crippen LogP contribution is 2.15. The minimum absolute atomic E-state index is 0.0100. The number of rotatable bonds is 2. The standard InChI is InChI=1S/C11H12N4O2/c1-6-3-7(2)5-8(4-6)13-11(16)9-10(12)15-17-14-9/h3-5H,1-2H3,(H2,12,15)(H,13,16). The Hall–Kier alpha value is -2.37.